The second kappa shape index (κ2) is 5.78. The zero-order chi connectivity index (χ0) is 9.72. The molecule has 0 fully saturated rings. The van der Waals surface area contributed by atoms with Crippen molar-refractivity contribution in [1.82, 2.24) is 4.90 Å². The van der Waals surface area contributed by atoms with E-state index < -0.39 is 0 Å². The van der Waals surface area contributed by atoms with Crippen LogP contribution in [0.2, 0.25) is 0 Å². The Bertz CT molecular complexity index is 150. The van der Waals surface area contributed by atoms with E-state index in [2.05, 4.69) is 38.3 Å². The van der Waals surface area contributed by atoms with Crippen molar-refractivity contribution in [2.45, 2.75) is 32.9 Å². The number of thiol groups is 1. The normalized spacial score (nSPS) is 13.2. The van der Waals surface area contributed by atoms with Crippen LogP contribution in [0.15, 0.2) is 0 Å². The second-order valence-corrected chi connectivity index (χ2v) is 4.20. The Kier molecular flexibility index (Phi) is 5.88. The molecule has 4 heteroatoms. The summed E-state index contributed by atoms with van der Waals surface area (Å²) in [5, 5.41) is 0. The molecular formula is C8H17NOS2. The second-order valence-electron chi connectivity index (χ2n) is 3.09. The van der Waals surface area contributed by atoms with Gasteiger partial charge in [0.1, 0.15) is 4.32 Å². The largest absolute Gasteiger partial charge is 0.383 e. The fraction of sp³-hybridized carbons (Fsp3) is 0.875. The first-order valence-corrected chi connectivity index (χ1v) is 4.86. The molecule has 0 N–H and O–H groups in total. The number of hydrogen-bond donors (Lipinski definition) is 1. The van der Waals surface area contributed by atoms with Gasteiger partial charge in [-0.3, -0.25) is 0 Å². The molecule has 2 nitrogen and oxygen atoms in total. The molecule has 1 unspecified atom stereocenters. The Hall–Kier alpha value is 0.200. The van der Waals surface area contributed by atoms with Crippen LogP contribution in [0, 0.1) is 0 Å². The van der Waals surface area contributed by atoms with Crippen molar-refractivity contribution < 1.29 is 4.74 Å². The SMILES string of the molecule is COCC(C)N(C(=S)S)C(C)C. The molecule has 0 amide bonds. The molecule has 0 aliphatic heterocycles. The monoisotopic (exact) mass is 207 g/mol. The van der Waals surface area contributed by atoms with E-state index >= 15 is 0 Å². The topological polar surface area (TPSA) is 12.5 Å². The highest BCUT2D eigenvalue weighted by molar-refractivity contribution is 8.10. The lowest BCUT2D eigenvalue weighted by Gasteiger charge is -2.32. The summed E-state index contributed by atoms with van der Waals surface area (Å²) in [5.74, 6) is 0. The molecule has 0 bridgehead atoms. The highest BCUT2D eigenvalue weighted by atomic mass is 32.1. The van der Waals surface area contributed by atoms with Gasteiger partial charge in [0.25, 0.3) is 0 Å². The first-order valence-electron chi connectivity index (χ1n) is 4.00. The Labute approximate surface area is 85.7 Å². The van der Waals surface area contributed by atoms with Gasteiger partial charge < -0.3 is 9.64 Å². The maximum absolute atomic E-state index is 5.05. The molecule has 0 aromatic rings. The molecule has 0 spiro atoms. The van der Waals surface area contributed by atoms with Crippen molar-refractivity contribution in [2.75, 3.05) is 13.7 Å². The highest BCUT2D eigenvalue weighted by Gasteiger charge is 2.17. The lowest BCUT2D eigenvalue weighted by molar-refractivity contribution is 0.127. The number of hydrogen-bond acceptors (Lipinski definition) is 2. The van der Waals surface area contributed by atoms with E-state index in [1.54, 1.807) is 7.11 Å². The molecule has 0 rings (SSSR count). The Morgan fingerprint density at radius 2 is 2.00 bits per heavy atom. The summed E-state index contributed by atoms with van der Waals surface area (Å²) in [6.07, 6.45) is 0. The molecule has 0 aromatic heterocycles. The van der Waals surface area contributed by atoms with Gasteiger partial charge in [0.05, 0.1) is 12.6 Å². The van der Waals surface area contributed by atoms with E-state index in [0.717, 1.165) is 0 Å². The van der Waals surface area contributed by atoms with Crippen molar-refractivity contribution in [3.05, 3.63) is 0 Å². The summed E-state index contributed by atoms with van der Waals surface area (Å²) in [6.45, 7) is 6.94. The Morgan fingerprint density at radius 1 is 1.50 bits per heavy atom. The molecular weight excluding hydrogens is 190 g/mol. The maximum atomic E-state index is 5.05. The lowest BCUT2D eigenvalue weighted by Crippen LogP contribution is -2.42. The van der Waals surface area contributed by atoms with Gasteiger partial charge in [-0.1, -0.05) is 12.2 Å². The molecule has 12 heavy (non-hydrogen) atoms. The quantitative estimate of drug-likeness (QED) is 0.559. The van der Waals surface area contributed by atoms with E-state index in [9.17, 15) is 0 Å². The van der Waals surface area contributed by atoms with Gasteiger partial charge in [0.15, 0.2) is 0 Å². The predicted molar refractivity (Wildman–Crippen MR) is 59.9 cm³/mol. The third-order valence-electron chi connectivity index (χ3n) is 1.66. The summed E-state index contributed by atoms with van der Waals surface area (Å²) in [5.41, 5.74) is 0. The van der Waals surface area contributed by atoms with Crippen molar-refractivity contribution in [3.63, 3.8) is 0 Å². The molecule has 0 heterocycles. The summed E-state index contributed by atoms with van der Waals surface area (Å²) >= 11 is 9.18. The standard InChI is InChI=1S/C8H17NOS2/c1-6(2)9(8(11)12)7(3)5-10-4/h6-7H,5H2,1-4H3,(H,11,12). The van der Waals surface area contributed by atoms with E-state index in [0.29, 0.717) is 23.0 Å². The van der Waals surface area contributed by atoms with Crippen molar-refractivity contribution in [3.8, 4) is 0 Å². The van der Waals surface area contributed by atoms with Crippen LogP contribution >= 0.6 is 24.8 Å². The Morgan fingerprint density at radius 3 is 2.25 bits per heavy atom. The summed E-state index contributed by atoms with van der Waals surface area (Å²) < 4.78 is 5.68. The number of thiocarbonyl (C=S) groups is 1. The fourth-order valence-corrected chi connectivity index (χ4v) is 2.06. The van der Waals surface area contributed by atoms with Crippen LogP contribution in [0.4, 0.5) is 0 Å². The van der Waals surface area contributed by atoms with Crippen LogP contribution in [0.1, 0.15) is 20.8 Å². The first kappa shape index (κ1) is 12.2. The summed E-state index contributed by atoms with van der Waals surface area (Å²) in [6, 6.07) is 0.667. The van der Waals surface area contributed by atoms with Crippen LogP contribution in [-0.4, -0.2) is 35.0 Å². The van der Waals surface area contributed by atoms with Crippen LogP contribution < -0.4 is 0 Å². The van der Waals surface area contributed by atoms with Crippen molar-refractivity contribution in [2.24, 2.45) is 0 Å². The van der Waals surface area contributed by atoms with Crippen LogP contribution in [0.3, 0.4) is 0 Å². The van der Waals surface area contributed by atoms with Crippen molar-refractivity contribution in [1.29, 1.82) is 0 Å². The van der Waals surface area contributed by atoms with Crippen LogP contribution in [-0.2, 0) is 4.74 Å². The van der Waals surface area contributed by atoms with Gasteiger partial charge in [-0.2, -0.15) is 0 Å². The summed E-state index contributed by atoms with van der Waals surface area (Å²) in [7, 11) is 1.69. The van der Waals surface area contributed by atoms with Gasteiger partial charge in [0.2, 0.25) is 0 Å². The minimum Gasteiger partial charge on any atom is -0.383 e. The van der Waals surface area contributed by atoms with E-state index in [1.165, 1.54) is 0 Å². The summed E-state index contributed by atoms with van der Waals surface area (Å²) in [4.78, 5) is 2.06. The zero-order valence-corrected chi connectivity index (χ0v) is 9.78. The highest BCUT2D eigenvalue weighted by Crippen LogP contribution is 2.09. The Balaban J connectivity index is 4.19. The van der Waals surface area contributed by atoms with Gasteiger partial charge in [0, 0.05) is 13.2 Å². The van der Waals surface area contributed by atoms with Gasteiger partial charge in [-0.25, -0.2) is 0 Å². The molecule has 0 aliphatic carbocycles. The molecule has 0 saturated carbocycles. The smallest absolute Gasteiger partial charge is 0.133 e. The minimum absolute atomic E-state index is 0.292. The first-order chi connectivity index (χ1) is 5.50. The third-order valence-corrected chi connectivity index (χ3v) is 2.10. The molecule has 0 radical (unpaired) electrons. The lowest BCUT2D eigenvalue weighted by atomic mass is 10.2. The zero-order valence-electron chi connectivity index (χ0n) is 8.07. The fourth-order valence-electron chi connectivity index (χ4n) is 1.24. The number of rotatable bonds is 4. The molecule has 0 saturated heterocycles. The molecule has 0 aromatic carbocycles. The molecule has 1 atom stereocenters. The predicted octanol–water partition coefficient (Wildman–Crippen LogP) is 1.95. The van der Waals surface area contributed by atoms with E-state index in [-0.39, 0.29) is 0 Å². The van der Waals surface area contributed by atoms with Crippen LogP contribution in [0.25, 0.3) is 0 Å². The van der Waals surface area contributed by atoms with E-state index in [4.69, 9.17) is 17.0 Å². The van der Waals surface area contributed by atoms with Gasteiger partial charge in [-0.15, -0.1) is 12.6 Å². The molecule has 72 valence electrons. The van der Waals surface area contributed by atoms with Crippen molar-refractivity contribution >= 4 is 29.2 Å². The minimum atomic E-state index is 0.292. The van der Waals surface area contributed by atoms with Crippen LogP contribution in [0.5, 0.6) is 0 Å². The number of ether oxygens (including phenoxy) is 1. The average Bonchev–Trinajstić information content (AvgIpc) is 1.85. The van der Waals surface area contributed by atoms with Gasteiger partial charge >= 0.3 is 0 Å². The third kappa shape index (κ3) is 3.74. The van der Waals surface area contributed by atoms with Gasteiger partial charge in [-0.05, 0) is 20.8 Å². The number of nitrogens with zero attached hydrogens (tertiary/aromatic N) is 1. The molecule has 0 aliphatic rings. The maximum Gasteiger partial charge on any atom is 0.133 e. The van der Waals surface area contributed by atoms with E-state index in [1.807, 2.05) is 0 Å². The average molecular weight is 207 g/mol. The number of methoxy groups -OCH3 is 1.